The maximum absolute atomic E-state index is 12.5. The van der Waals surface area contributed by atoms with Crippen LogP contribution in [0.5, 0.6) is 0 Å². The summed E-state index contributed by atoms with van der Waals surface area (Å²) in [7, 11) is 0. The molecular formula is C13H21ClN2O4S. The van der Waals surface area contributed by atoms with E-state index in [9.17, 15) is 19.8 Å². The molecule has 6 nitrogen and oxygen atoms in total. The van der Waals surface area contributed by atoms with Crippen LogP contribution in [0.1, 0.15) is 27.2 Å². The van der Waals surface area contributed by atoms with E-state index in [1.807, 2.05) is 0 Å². The van der Waals surface area contributed by atoms with Gasteiger partial charge in [-0.1, -0.05) is 0 Å². The monoisotopic (exact) mass is 336 g/mol. The van der Waals surface area contributed by atoms with Gasteiger partial charge in [0, 0.05) is 12.4 Å². The number of carbonyl (C=O) groups is 2. The minimum atomic E-state index is -1.08. The number of rotatable bonds is 5. The molecule has 120 valence electrons. The van der Waals surface area contributed by atoms with Gasteiger partial charge in [-0.2, -0.15) is 0 Å². The number of aliphatic hydroxyl groups excluding tert-OH is 1. The van der Waals surface area contributed by atoms with Crippen molar-refractivity contribution in [3.05, 3.63) is 0 Å². The molecule has 4 N–H and O–H groups in total. The Morgan fingerprint density at radius 1 is 1.57 bits per heavy atom. The zero-order valence-electron chi connectivity index (χ0n) is 12.3. The summed E-state index contributed by atoms with van der Waals surface area (Å²) in [6, 6.07) is -1.02. The number of nitrogens with two attached hydrogens (primary N) is 1. The SMILES string of the molecule is C[C@@H](O)[C@@]1(C)C(=O)N2C(C(=O)O)C(CN)(CCCl)S[C@@]21C. The van der Waals surface area contributed by atoms with Gasteiger partial charge in [0.2, 0.25) is 5.91 Å². The van der Waals surface area contributed by atoms with Gasteiger partial charge in [0.1, 0.15) is 16.3 Å². The van der Waals surface area contributed by atoms with Gasteiger partial charge in [-0.15, -0.1) is 23.4 Å². The standard InChI is InChI=1S/C13H21ClN2O4S/c1-7(17)11(2)10(20)16-8(9(18)19)13(6-15,4-5-14)21-12(11,16)3/h7-8,17H,4-6,15H2,1-3H3,(H,18,19)/t7-,8?,11+,12-,13?/m1/s1. The maximum Gasteiger partial charge on any atom is 0.327 e. The minimum absolute atomic E-state index is 0.108. The number of carboxylic acids is 1. The number of thioether (sulfide) groups is 1. The number of aliphatic carboxylic acids is 1. The van der Waals surface area contributed by atoms with Crippen molar-refractivity contribution >= 4 is 35.2 Å². The molecule has 1 amide bonds. The lowest BCUT2D eigenvalue weighted by atomic mass is 9.67. The minimum Gasteiger partial charge on any atom is -0.480 e. The van der Waals surface area contributed by atoms with Crippen LogP contribution in [0.3, 0.4) is 0 Å². The predicted octanol–water partition coefficient (Wildman–Crippen LogP) is 0.458. The molecular weight excluding hydrogens is 316 g/mol. The quantitative estimate of drug-likeness (QED) is 0.497. The number of nitrogens with zero attached hydrogens (tertiary/aromatic N) is 1. The molecule has 2 aliphatic rings. The predicted molar refractivity (Wildman–Crippen MR) is 81.2 cm³/mol. The molecule has 21 heavy (non-hydrogen) atoms. The van der Waals surface area contributed by atoms with Crippen molar-refractivity contribution in [3.63, 3.8) is 0 Å². The Kier molecular flexibility index (Phi) is 4.02. The van der Waals surface area contributed by atoms with Crippen LogP contribution in [0, 0.1) is 5.41 Å². The summed E-state index contributed by atoms with van der Waals surface area (Å²) < 4.78 is -0.829. The first-order valence-corrected chi connectivity index (χ1v) is 8.18. The van der Waals surface area contributed by atoms with Gasteiger partial charge < -0.3 is 20.8 Å². The largest absolute Gasteiger partial charge is 0.480 e. The first-order valence-electron chi connectivity index (χ1n) is 6.83. The molecule has 2 saturated heterocycles. The zero-order valence-corrected chi connectivity index (χ0v) is 13.9. The molecule has 2 unspecified atom stereocenters. The van der Waals surface area contributed by atoms with E-state index in [2.05, 4.69) is 0 Å². The van der Waals surface area contributed by atoms with E-state index in [1.54, 1.807) is 20.8 Å². The number of carbonyl (C=O) groups excluding carboxylic acids is 1. The fourth-order valence-corrected chi connectivity index (χ4v) is 6.15. The molecule has 0 aromatic rings. The molecule has 0 saturated carbocycles. The normalized spacial score (nSPS) is 43.4. The van der Waals surface area contributed by atoms with Gasteiger partial charge in [0.25, 0.3) is 0 Å². The number of β-lactam (4-membered cyclic amide) rings is 1. The summed E-state index contributed by atoms with van der Waals surface area (Å²) in [5.74, 6) is -1.16. The van der Waals surface area contributed by atoms with Crippen LogP contribution in [0.2, 0.25) is 0 Å². The average molecular weight is 337 g/mol. The summed E-state index contributed by atoms with van der Waals surface area (Å²) in [4.78, 5) is 24.9. The number of carboxylic acid groups (broad SMARTS) is 1. The van der Waals surface area contributed by atoms with Gasteiger partial charge in [-0.3, -0.25) is 4.79 Å². The third-order valence-corrected chi connectivity index (χ3v) is 7.39. The number of amides is 1. The second-order valence-electron chi connectivity index (χ2n) is 6.09. The number of hydrogen-bond acceptors (Lipinski definition) is 5. The number of fused-ring (bicyclic) bond motifs is 1. The van der Waals surface area contributed by atoms with Crippen LogP contribution in [-0.2, 0) is 9.59 Å². The topological polar surface area (TPSA) is 104 Å². The molecule has 2 aliphatic heterocycles. The number of alkyl halides is 1. The number of aliphatic hydroxyl groups is 1. The molecule has 2 rings (SSSR count). The first kappa shape index (κ1) is 16.9. The zero-order chi connectivity index (χ0) is 16.2. The highest BCUT2D eigenvalue weighted by Crippen LogP contribution is 2.67. The Morgan fingerprint density at radius 2 is 2.14 bits per heavy atom. The fraction of sp³-hybridized carbons (Fsp3) is 0.846. The lowest BCUT2D eigenvalue weighted by molar-refractivity contribution is -0.195. The van der Waals surface area contributed by atoms with Crippen molar-refractivity contribution in [2.24, 2.45) is 11.1 Å². The van der Waals surface area contributed by atoms with E-state index in [0.717, 1.165) is 0 Å². The third kappa shape index (κ3) is 1.81. The van der Waals surface area contributed by atoms with Gasteiger partial charge in [-0.25, -0.2) is 4.79 Å². The van der Waals surface area contributed by atoms with Gasteiger partial charge in [0.05, 0.1) is 10.9 Å². The Labute approximate surface area is 133 Å². The van der Waals surface area contributed by atoms with Crippen molar-refractivity contribution in [1.29, 1.82) is 0 Å². The Bertz CT molecular complexity index is 491. The second-order valence-corrected chi connectivity index (χ2v) is 8.28. The molecule has 0 spiro atoms. The lowest BCUT2D eigenvalue weighted by Crippen LogP contribution is -2.77. The molecule has 0 aromatic carbocycles. The van der Waals surface area contributed by atoms with Gasteiger partial charge in [-0.05, 0) is 27.2 Å². The van der Waals surface area contributed by atoms with Crippen LogP contribution in [-0.4, -0.2) is 61.2 Å². The Hall–Kier alpha value is -0.500. The summed E-state index contributed by atoms with van der Waals surface area (Å²) in [5.41, 5.74) is 4.84. The van der Waals surface area contributed by atoms with Gasteiger partial charge >= 0.3 is 5.97 Å². The Morgan fingerprint density at radius 3 is 2.52 bits per heavy atom. The highest BCUT2D eigenvalue weighted by atomic mass is 35.5. The molecule has 0 aliphatic carbocycles. The van der Waals surface area contributed by atoms with Gasteiger partial charge in [0.15, 0.2) is 0 Å². The highest BCUT2D eigenvalue weighted by Gasteiger charge is 2.78. The molecule has 5 atom stereocenters. The summed E-state index contributed by atoms with van der Waals surface area (Å²) in [6.45, 7) is 5.14. The van der Waals surface area contributed by atoms with Crippen LogP contribution < -0.4 is 5.73 Å². The van der Waals surface area contributed by atoms with Crippen molar-refractivity contribution in [2.75, 3.05) is 12.4 Å². The smallest absolute Gasteiger partial charge is 0.327 e. The molecule has 8 heteroatoms. The van der Waals surface area contributed by atoms with Crippen LogP contribution in [0.4, 0.5) is 0 Å². The second kappa shape index (κ2) is 5.01. The first-order chi connectivity index (χ1) is 9.62. The Balaban J connectivity index is 2.53. The highest BCUT2D eigenvalue weighted by molar-refractivity contribution is 8.02. The number of halogens is 1. The van der Waals surface area contributed by atoms with Crippen molar-refractivity contribution in [3.8, 4) is 0 Å². The van der Waals surface area contributed by atoms with E-state index in [0.29, 0.717) is 6.42 Å². The summed E-state index contributed by atoms with van der Waals surface area (Å²) >= 11 is 7.20. The van der Waals surface area contributed by atoms with E-state index in [4.69, 9.17) is 17.3 Å². The third-order valence-electron chi connectivity index (χ3n) is 5.18. The molecule has 0 aromatic heterocycles. The lowest BCUT2D eigenvalue weighted by Gasteiger charge is -2.60. The molecule has 0 bridgehead atoms. The maximum atomic E-state index is 12.5. The fourth-order valence-electron chi connectivity index (χ4n) is 3.55. The molecule has 2 fully saturated rings. The average Bonchev–Trinajstić information content (AvgIpc) is 2.66. The van der Waals surface area contributed by atoms with E-state index in [-0.39, 0.29) is 18.3 Å². The van der Waals surface area contributed by atoms with E-state index >= 15 is 0 Å². The van der Waals surface area contributed by atoms with Crippen molar-refractivity contribution in [2.45, 2.75) is 49.0 Å². The summed E-state index contributed by atoms with van der Waals surface area (Å²) in [5, 5.41) is 19.6. The number of hydrogen-bond donors (Lipinski definition) is 3. The van der Waals surface area contributed by atoms with Crippen LogP contribution in [0.15, 0.2) is 0 Å². The van der Waals surface area contributed by atoms with E-state index in [1.165, 1.54) is 16.7 Å². The molecule has 2 heterocycles. The van der Waals surface area contributed by atoms with Crippen LogP contribution >= 0.6 is 23.4 Å². The van der Waals surface area contributed by atoms with Crippen molar-refractivity contribution in [1.82, 2.24) is 4.90 Å². The molecule has 0 radical (unpaired) electrons. The van der Waals surface area contributed by atoms with Crippen LogP contribution in [0.25, 0.3) is 0 Å². The summed E-state index contributed by atoms with van der Waals surface area (Å²) in [6.07, 6.45) is -0.486. The van der Waals surface area contributed by atoms with Crippen molar-refractivity contribution < 1.29 is 19.8 Å². The van der Waals surface area contributed by atoms with E-state index < -0.39 is 33.1 Å².